The molecule has 9 atom stereocenters. The summed E-state index contributed by atoms with van der Waals surface area (Å²) in [5, 5.41) is 31.4. The topological polar surface area (TPSA) is 120 Å². The van der Waals surface area contributed by atoms with Gasteiger partial charge in [-0.2, -0.15) is 0 Å². The van der Waals surface area contributed by atoms with Crippen LogP contribution in [0.1, 0.15) is 80.1 Å². The van der Waals surface area contributed by atoms with E-state index < -0.39 is 23.8 Å². The first kappa shape index (κ1) is 32.2. The molecule has 0 aromatic carbocycles. The molecule has 9 unspecified atom stereocenters. The van der Waals surface area contributed by atoms with Crippen molar-refractivity contribution in [1.82, 2.24) is 4.90 Å². The van der Waals surface area contributed by atoms with Crippen molar-refractivity contribution in [3.8, 4) is 0 Å². The Morgan fingerprint density at radius 3 is 2.66 bits per heavy atom. The number of aliphatic hydroxyl groups is 3. The molecule has 1 saturated heterocycles. The van der Waals surface area contributed by atoms with Crippen LogP contribution in [0.5, 0.6) is 0 Å². The molecule has 8 heteroatoms. The van der Waals surface area contributed by atoms with Crippen molar-refractivity contribution < 1.29 is 34.4 Å². The third-order valence-electron chi connectivity index (χ3n) is 7.92. The van der Waals surface area contributed by atoms with Crippen molar-refractivity contribution in [1.29, 1.82) is 0 Å². The van der Waals surface area contributed by atoms with E-state index in [0.717, 1.165) is 18.4 Å². The van der Waals surface area contributed by atoms with Gasteiger partial charge in [-0.25, -0.2) is 0 Å². The summed E-state index contributed by atoms with van der Waals surface area (Å²) in [5.41, 5.74) is -0.399. The van der Waals surface area contributed by atoms with Gasteiger partial charge in [0.25, 0.3) is 0 Å². The third-order valence-corrected chi connectivity index (χ3v) is 7.92. The number of rotatable bonds is 9. The van der Waals surface area contributed by atoms with Crippen molar-refractivity contribution >= 4 is 11.9 Å². The van der Waals surface area contributed by atoms with Crippen LogP contribution in [0.25, 0.3) is 0 Å². The highest BCUT2D eigenvalue weighted by atomic mass is 16.6. The van der Waals surface area contributed by atoms with Crippen molar-refractivity contribution in [3.63, 3.8) is 0 Å². The van der Waals surface area contributed by atoms with Crippen LogP contribution in [-0.4, -0.2) is 81.3 Å². The number of amides is 1. The molecule has 1 fully saturated rings. The molecule has 1 amide bonds. The van der Waals surface area contributed by atoms with Gasteiger partial charge in [-0.15, -0.1) is 0 Å². The van der Waals surface area contributed by atoms with Gasteiger partial charge in [-0.3, -0.25) is 9.59 Å². The fraction of sp³-hybridized carbons (Fsp3) is 0.733. The molecule has 8 nitrogen and oxygen atoms in total. The summed E-state index contributed by atoms with van der Waals surface area (Å²) in [4.78, 5) is 26.2. The van der Waals surface area contributed by atoms with Crippen LogP contribution >= 0.6 is 0 Å². The van der Waals surface area contributed by atoms with Crippen molar-refractivity contribution in [3.05, 3.63) is 36.0 Å². The summed E-state index contributed by atoms with van der Waals surface area (Å²) in [5.74, 6) is -0.241. The number of aliphatic hydroxyl groups excluding tert-OH is 2. The van der Waals surface area contributed by atoms with Crippen molar-refractivity contribution in [2.75, 3.05) is 7.05 Å². The summed E-state index contributed by atoms with van der Waals surface area (Å²) >= 11 is 0. The zero-order chi connectivity index (χ0) is 28.6. The van der Waals surface area contributed by atoms with E-state index in [0.29, 0.717) is 6.42 Å². The average molecular weight is 536 g/mol. The molecule has 2 aliphatic rings. The van der Waals surface area contributed by atoms with Gasteiger partial charge < -0.3 is 29.7 Å². The molecule has 3 N–H and O–H groups in total. The van der Waals surface area contributed by atoms with E-state index in [1.807, 2.05) is 39.0 Å². The molecule has 0 aromatic rings. The van der Waals surface area contributed by atoms with Crippen LogP contribution in [-0.2, 0) is 19.1 Å². The van der Waals surface area contributed by atoms with Gasteiger partial charge in [-0.05, 0) is 57.9 Å². The van der Waals surface area contributed by atoms with Crippen LogP contribution < -0.4 is 0 Å². The molecule has 0 radical (unpaired) electrons. The molecule has 0 spiro atoms. The normalized spacial score (nSPS) is 34.7. The lowest BCUT2D eigenvalue weighted by molar-refractivity contribution is -0.156. The monoisotopic (exact) mass is 535 g/mol. The number of allylic oxidation sites excluding steroid dienone is 3. The smallest absolute Gasteiger partial charge is 0.303 e. The van der Waals surface area contributed by atoms with Gasteiger partial charge in [0.15, 0.2) is 0 Å². The molecule has 2 rings (SSSR count). The van der Waals surface area contributed by atoms with E-state index in [2.05, 4.69) is 13.0 Å². The number of hydrogen-bond acceptors (Lipinski definition) is 7. The fourth-order valence-corrected chi connectivity index (χ4v) is 5.11. The molecule has 0 saturated carbocycles. The number of hydrogen-bond donors (Lipinski definition) is 3. The quantitative estimate of drug-likeness (QED) is 0.178. The van der Waals surface area contributed by atoms with Crippen LogP contribution in [0.3, 0.4) is 0 Å². The molecule has 216 valence electrons. The maximum atomic E-state index is 12.9. The van der Waals surface area contributed by atoms with Gasteiger partial charge in [0.1, 0.15) is 11.7 Å². The summed E-state index contributed by atoms with van der Waals surface area (Å²) in [6.07, 6.45) is 10.3. The minimum absolute atomic E-state index is 0.0428. The molecule has 0 aliphatic carbocycles. The number of likely N-dealkylation sites (N-methyl/N-ethyl adjacent to an activating group) is 1. The Labute approximate surface area is 228 Å². The van der Waals surface area contributed by atoms with Crippen LogP contribution in [0.2, 0.25) is 0 Å². The molecule has 0 bridgehead atoms. The van der Waals surface area contributed by atoms with Crippen molar-refractivity contribution in [2.24, 2.45) is 11.8 Å². The first-order chi connectivity index (χ1) is 17.8. The highest BCUT2D eigenvalue weighted by molar-refractivity contribution is 5.77. The second-order valence-electron chi connectivity index (χ2n) is 11.5. The first-order valence-corrected chi connectivity index (χ1v) is 13.9. The number of carbonyl (C=O) groups excluding carboxylic acids is 2. The second-order valence-corrected chi connectivity index (χ2v) is 11.5. The first-order valence-electron chi connectivity index (χ1n) is 13.9. The van der Waals surface area contributed by atoms with E-state index in [9.17, 15) is 24.9 Å². The number of nitrogens with zero attached hydrogens (tertiary/aromatic N) is 1. The number of carbonyl (C=O) groups is 2. The maximum absolute atomic E-state index is 12.9. The Bertz CT molecular complexity index is 880. The zero-order valence-corrected chi connectivity index (χ0v) is 24.2. The van der Waals surface area contributed by atoms with E-state index in [1.165, 1.54) is 6.92 Å². The Morgan fingerprint density at radius 2 is 2.03 bits per heavy atom. The van der Waals surface area contributed by atoms with E-state index >= 15 is 0 Å². The minimum Gasteiger partial charge on any atom is -0.455 e. The molecular weight excluding hydrogens is 486 g/mol. The summed E-state index contributed by atoms with van der Waals surface area (Å²) < 4.78 is 11.2. The molecular formula is C30H49NO7. The highest BCUT2D eigenvalue weighted by Gasteiger charge is 2.45. The number of esters is 1. The van der Waals surface area contributed by atoms with Gasteiger partial charge in [0.2, 0.25) is 5.91 Å². The SMILES string of the molecule is CCC(O)C(C)C1OC1CC(C)/C=C/C=C(\C)C1C/C=C/C(OC(C)=O)C(C)(O)CCC(O)CC(=O)N1C. The predicted molar refractivity (Wildman–Crippen MR) is 147 cm³/mol. The van der Waals surface area contributed by atoms with Crippen molar-refractivity contribution in [2.45, 2.75) is 122 Å². The highest BCUT2D eigenvalue weighted by Crippen LogP contribution is 2.36. The Balaban J connectivity index is 2.12. The van der Waals surface area contributed by atoms with E-state index in [1.54, 1.807) is 24.9 Å². The minimum atomic E-state index is -1.37. The second kappa shape index (κ2) is 14.4. The lowest BCUT2D eigenvalue weighted by Crippen LogP contribution is -2.43. The lowest BCUT2D eigenvalue weighted by atomic mass is 9.89. The summed E-state index contributed by atoms with van der Waals surface area (Å²) in [7, 11) is 1.74. The van der Waals surface area contributed by atoms with E-state index in [4.69, 9.17) is 9.47 Å². The number of epoxide rings is 1. The molecule has 2 aliphatic heterocycles. The molecule has 2 heterocycles. The van der Waals surface area contributed by atoms with Gasteiger partial charge >= 0.3 is 5.97 Å². The van der Waals surface area contributed by atoms with E-state index in [-0.39, 0.29) is 61.4 Å². The average Bonchev–Trinajstić information content (AvgIpc) is 3.61. The van der Waals surface area contributed by atoms with Gasteiger partial charge in [0.05, 0.1) is 36.9 Å². The summed E-state index contributed by atoms with van der Waals surface area (Å²) in [6.45, 7) is 11.0. The third kappa shape index (κ3) is 9.63. The Kier molecular flexibility index (Phi) is 12.2. The standard InChI is InChI=1S/C30H49NO7/c1-8-25(34)21(4)29-26(38-29)17-19(2)11-9-12-20(3)24-13-10-14-27(37-22(5)32)30(6,36)16-15-23(33)18-28(35)31(24)7/h9-12,14,19,21,23-27,29,33-34,36H,8,13,15-18H2,1-7H3/b11-9+,14-10+,20-12+. The van der Waals surface area contributed by atoms with Crippen LogP contribution in [0.4, 0.5) is 0 Å². The fourth-order valence-electron chi connectivity index (χ4n) is 5.11. The lowest BCUT2D eigenvalue weighted by Gasteiger charge is -2.33. The predicted octanol–water partition coefficient (Wildman–Crippen LogP) is 3.69. The van der Waals surface area contributed by atoms with Gasteiger partial charge in [-0.1, -0.05) is 50.6 Å². The Hall–Kier alpha value is -2.00. The largest absolute Gasteiger partial charge is 0.455 e. The number of ether oxygens (including phenoxy) is 2. The molecule has 38 heavy (non-hydrogen) atoms. The molecule has 0 aromatic heterocycles. The van der Waals surface area contributed by atoms with Crippen LogP contribution in [0.15, 0.2) is 36.0 Å². The maximum Gasteiger partial charge on any atom is 0.303 e. The van der Waals surface area contributed by atoms with Crippen LogP contribution in [0, 0.1) is 11.8 Å². The zero-order valence-electron chi connectivity index (χ0n) is 24.2. The summed E-state index contributed by atoms with van der Waals surface area (Å²) in [6, 6.07) is -0.263. The Morgan fingerprint density at radius 1 is 1.34 bits per heavy atom. The van der Waals surface area contributed by atoms with Gasteiger partial charge in [0, 0.05) is 19.9 Å².